The van der Waals surface area contributed by atoms with Gasteiger partial charge in [0.2, 0.25) is 0 Å². The van der Waals surface area contributed by atoms with Crippen molar-refractivity contribution in [3.8, 4) is 0 Å². The average Bonchev–Trinajstić information content (AvgIpc) is 2.64. The fourth-order valence-electron chi connectivity index (χ4n) is 2.04. The van der Waals surface area contributed by atoms with Gasteiger partial charge in [-0.2, -0.15) is 0 Å². The van der Waals surface area contributed by atoms with Gasteiger partial charge in [-0.3, -0.25) is 9.59 Å². The van der Waals surface area contributed by atoms with E-state index in [1.54, 1.807) is 48.5 Å². The molecule has 134 valence electrons. The minimum Gasteiger partial charge on any atom is -0.452 e. The summed E-state index contributed by atoms with van der Waals surface area (Å²) >= 11 is 5.85. The Morgan fingerprint density at radius 1 is 1.12 bits per heavy atom. The van der Waals surface area contributed by atoms with Gasteiger partial charge < -0.3 is 15.4 Å². The Morgan fingerprint density at radius 2 is 1.88 bits per heavy atom. The first-order chi connectivity index (χ1) is 12.5. The van der Waals surface area contributed by atoms with Gasteiger partial charge in [0, 0.05) is 29.4 Å². The molecule has 2 N–H and O–H groups in total. The zero-order valence-electron chi connectivity index (χ0n) is 14.0. The lowest BCUT2D eigenvalue weighted by Gasteiger charge is -2.07. The third kappa shape index (κ3) is 6.07. The maximum atomic E-state index is 11.9. The van der Waals surface area contributed by atoms with Crippen LogP contribution in [-0.2, 0) is 14.3 Å². The molecule has 0 saturated carbocycles. The number of rotatable bonds is 6. The van der Waals surface area contributed by atoms with Gasteiger partial charge in [-0.25, -0.2) is 4.79 Å². The van der Waals surface area contributed by atoms with E-state index in [1.807, 2.05) is 0 Å². The number of hydrogen-bond acceptors (Lipinski definition) is 4. The van der Waals surface area contributed by atoms with Gasteiger partial charge >= 0.3 is 5.97 Å². The first kappa shape index (κ1) is 19.2. The highest BCUT2D eigenvalue weighted by atomic mass is 35.5. The van der Waals surface area contributed by atoms with Crippen molar-refractivity contribution in [3.63, 3.8) is 0 Å². The van der Waals surface area contributed by atoms with Crippen molar-refractivity contribution < 1.29 is 19.1 Å². The zero-order chi connectivity index (χ0) is 18.9. The number of benzene rings is 2. The molecule has 0 aromatic heterocycles. The highest BCUT2D eigenvalue weighted by Gasteiger charge is 2.08. The quantitative estimate of drug-likeness (QED) is 0.603. The van der Waals surface area contributed by atoms with Crippen molar-refractivity contribution in [2.24, 2.45) is 0 Å². The molecule has 26 heavy (non-hydrogen) atoms. The lowest BCUT2D eigenvalue weighted by atomic mass is 10.2. The van der Waals surface area contributed by atoms with Crippen LogP contribution in [-0.4, -0.2) is 31.4 Å². The van der Waals surface area contributed by atoms with Crippen molar-refractivity contribution in [1.82, 2.24) is 5.32 Å². The molecule has 0 aliphatic heterocycles. The van der Waals surface area contributed by atoms with Crippen molar-refractivity contribution in [1.29, 1.82) is 0 Å². The fourth-order valence-corrected chi connectivity index (χ4v) is 2.24. The maximum absolute atomic E-state index is 11.9. The number of carbonyl (C=O) groups excluding carboxylic acids is 3. The van der Waals surface area contributed by atoms with Gasteiger partial charge in [0.25, 0.3) is 11.8 Å². The van der Waals surface area contributed by atoms with Crippen LogP contribution in [0.3, 0.4) is 0 Å². The first-order valence-electron chi connectivity index (χ1n) is 7.70. The number of carbonyl (C=O) groups is 3. The van der Waals surface area contributed by atoms with Gasteiger partial charge in [0.1, 0.15) is 0 Å². The first-order valence-corrected chi connectivity index (χ1v) is 8.08. The van der Waals surface area contributed by atoms with E-state index in [4.69, 9.17) is 16.3 Å². The molecule has 0 unspecified atom stereocenters. The number of ether oxygens (including phenoxy) is 1. The lowest BCUT2D eigenvalue weighted by Crippen LogP contribution is -2.21. The summed E-state index contributed by atoms with van der Waals surface area (Å²) in [6, 6.07) is 13.4. The summed E-state index contributed by atoms with van der Waals surface area (Å²) in [7, 11) is 1.52. The summed E-state index contributed by atoms with van der Waals surface area (Å²) in [4.78, 5) is 35.1. The molecule has 2 aromatic rings. The smallest absolute Gasteiger partial charge is 0.331 e. The van der Waals surface area contributed by atoms with E-state index in [-0.39, 0.29) is 5.91 Å². The summed E-state index contributed by atoms with van der Waals surface area (Å²) < 4.78 is 4.88. The van der Waals surface area contributed by atoms with Crippen LogP contribution in [0.2, 0.25) is 5.02 Å². The molecule has 2 rings (SSSR count). The Kier molecular flexibility index (Phi) is 6.93. The lowest BCUT2D eigenvalue weighted by molar-refractivity contribution is -0.142. The van der Waals surface area contributed by atoms with Crippen molar-refractivity contribution in [2.75, 3.05) is 19.0 Å². The summed E-state index contributed by atoms with van der Waals surface area (Å²) in [5, 5.41) is 5.61. The molecule has 0 bridgehead atoms. The van der Waals surface area contributed by atoms with Crippen LogP contribution in [0, 0.1) is 0 Å². The maximum Gasteiger partial charge on any atom is 0.331 e. The molecule has 0 spiro atoms. The molecule has 0 radical (unpaired) electrons. The SMILES string of the molecule is CNC(=O)c1cccc(NC(=O)COC(=O)/C=C/c2cccc(Cl)c2)c1. The van der Waals surface area contributed by atoms with Crippen LogP contribution < -0.4 is 10.6 Å². The molecule has 2 amide bonds. The molecule has 0 fully saturated rings. The normalized spacial score (nSPS) is 10.4. The molecule has 0 heterocycles. The van der Waals surface area contributed by atoms with Gasteiger partial charge in [0.15, 0.2) is 6.61 Å². The number of amides is 2. The van der Waals surface area contributed by atoms with Gasteiger partial charge in [-0.15, -0.1) is 0 Å². The predicted molar refractivity (Wildman–Crippen MR) is 99.9 cm³/mol. The Hall–Kier alpha value is -3.12. The highest BCUT2D eigenvalue weighted by molar-refractivity contribution is 6.30. The number of hydrogen-bond donors (Lipinski definition) is 2. The Balaban J connectivity index is 1.85. The van der Waals surface area contributed by atoms with Crippen LogP contribution in [0.5, 0.6) is 0 Å². The minimum absolute atomic E-state index is 0.265. The summed E-state index contributed by atoms with van der Waals surface area (Å²) in [6.07, 6.45) is 2.75. The van der Waals surface area contributed by atoms with E-state index >= 15 is 0 Å². The average molecular weight is 373 g/mol. The second-order valence-corrected chi connectivity index (χ2v) is 5.64. The summed E-state index contributed by atoms with van der Waals surface area (Å²) in [5.41, 5.74) is 1.58. The molecule has 0 aliphatic carbocycles. The van der Waals surface area contributed by atoms with Crippen molar-refractivity contribution >= 4 is 41.1 Å². The van der Waals surface area contributed by atoms with Crippen molar-refractivity contribution in [3.05, 3.63) is 70.8 Å². The Morgan fingerprint density at radius 3 is 2.62 bits per heavy atom. The third-order valence-corrected chi connectivity index (χ3v) is 3.48. The predicted octanol–water partition coefficient (Wildman–Crippen LogP) is 2.89. The van der Waals surface area contributed by atoms with E-state index in [1.165, 1.54) is 19.2 Å². The second kappa shape index (κ2) is 9.39. The summed E-state index contributed by atoms with van der Waals surface area (Å²) in [6.45, 7) is -0.442. The van der Waals surface area contributed by atoms with E-state index < -0.39 is 18.5 Å². The number of esters is 1. The van der Waals surface area contributed by atoms with Crippen molar-refractivity contribution in [2.45, 2.75) is 0 Å². The monoisotopic (exact) mass is 372 g/mol. The van der Waals surface area contributed by atoms with Gasteiger partial charge in [-0.05, 0) is 42.0 Å². The number of halogens is 1. The van der Waals surface area contributed by atoms with Crippen LogP contribution in [0.4, 0.5) is 5.69 Å². The molecular weight excluding hydrogens is 356 g/mol. The van der Waals surface area contributed by atoms with Crippen LogP contribution in [0.25, 0.3) is 6.08 Å². The Bertz CT molecular complexity index is 849. The molecule has 6 nitrogen and oxygen atoms in total. The summed E-state index contributed by atoms with van der Waals surface area (Å²) in [5.74, 6) is -1.43. The second-order valence-electron chi connectivity index (χ2n) is 5.20. The molecule has 2 aromatic carbocycles. The largest absolute Gasteiger partial charge is 0.452 e. The van der Waals surface area contributed by atoms with E-state index in [9.17, 15) is 14.4 Å². The Labute approximate surface area is 155 Å². The topological polar surface area (TPSA) is 84.5 Å². The molecule has 7 heteroatoms. The zero-order valence-corrected chi connectivity index (χ0v) is 14.7. The number of anilines is 1. The van der Waals surface area contributed by atoms with E-state index in [2.05, 4.69) is 10.6 Å². The van der Waals surface area contributed by atoms with Gasteiger partial charge in [-0.1, -0.05) is 29.8 Å². The number of nitrogens with one attached hydrogen (secondary N) is 2. The van der Waals surface area contributed by atoms with Crippen LogP contribution in [0.1, 0.15) is 15.9 Å². The van der Waals surface area contributed by atoms with E-state index in [0.717, 1.165) is 5.56 Å². The highest BCUT2D eigenvalue weighted by Crippen LogP contribution is 2.12. The minimum atomic E-state index is -0.653. The van der Waals surface area contributed by atoms with Gasteiger partial charge in [0.05, 0.1) is 0 Å². The third-order valence-electron chi connectivity index (χ3n) is 3.24. The molecular formula is C19H17ClN2O4. The molecule has 0 saturated heterocycles. The fraction of sp³-hybridized carbons (Fsp3) is 0.105. The standard InChI is InChI=1S/C19H17ClN2O4/c1-21-19(25)14-5-3-7-16(11-14)22-17(23)12-26-18(24)9-8-13-4-2-6-15(20)10-13/h2-11H,12H2,1H3,(H,21,25)(H,22,23)/b9-8+. The van der Waals surface area contributed by atoms with Crippen LogP contribution in [0.15, 0.2) is 54.6 Å². The molecule has 0 aliphatic rings. The van der Waals surface area contributed by atoms with Crippen LogP contribution >= 0.6 is 11.6 Å². The molecule has 0 atom stereocenters. The van der Waals surface area contributed by atoms with E-state index in [0.29, 0.717) is 16.3 Å².